The van der Waals surface area contributed by atoms with Gasteiger partial charge in [-0.2, -0.15) is 0 Å². The molecule has 2 atom stereocenters. The summed E-state index contributed by atoms with van der Waals surface area (Å²) in [5.41, 5.74) is 0. The van der Waals surface area contributed by atoms with Gasteiger partial charge in [0.2, 0.25) is 0 Å². The van der Waals surface area contributed by atoms with Gasteiger partial charge in [-0.3, -0.25) is 4.79 Å². The van der Waals surface area contributed by atoms with Gasteiger partial charge in [0.05, 0.1) is 5.92 Å². The Bertz CT molecular complexity index is 201. The van der Waals surface area contributed by atoms with E-state index in [9.17, 15) is 4.79 Å². The fourth-order valence-electron chi connectivity index (χ4n) is 2.18. The number of carboxylic acid groups (broad SMARTS) is 1. The van der Waals surface area contributed by atoms with Gasteiger partial charge in [0.25, 0.3) is 0 Å². The fourth-order valence-corrected chi connectivity index (χ4v) is 2.18. The molecule has 0 heterocycles. The number of carbonyl (C=O) groups is 1. The summed E-state index contributed by atoms with van der Waals surface area (Å²) in [6.07, 6.45) is 6.66. The van der Waals surface area contributed by atoms with Crippen molar-refractivity contribution in [2.24, 2.45) is 5.92 Å². The van der Waals surface area contributed by atoms with E-state index in [4.69, 9.17) is 5.11 Å². The Labute approximate surface area is 78.5 Å². The highest BCUT2D eigenvalue weighted by atomic mass is 16.4. The molecule has 0 aliphatic heterocycles. The van der Waals surface area contributed by atoms with Gasteiger partial charge >= 0.3 is 5.97 Å². The third-order valence-corrected chi connectivity index (χ3v) is 3.11. The summed E-state index contributed by atoms with van der Waals surface area (Å²) in [6, 6.07) is 0.878. The minimum absolute atomic E-state index is 0.130. The molecular weight excluding hydrogens is 166 g/mol. The first-order chi connectivity index (χ1) is 6.27. The third-order valence-electron chi connectivity index (χ3n) is 3.11. The first-order valence-electron chi connectivity index (χ1n) is 5.26. The molecule has 74 valence electrons. The van der Waals surface area contributed by atoms with Crippen molar-refractivity contribution >= 4 is 5.97 Å². The van der Waals surface area contributed by atoms with Crippen LogP contribution in [-0.4, -0.2) is 23.2 Å². The number of hydrogen-bond donors (Lipinski definition) is 2. The first kappa shape index (κ1) is 9.00. The first-order valence-corrected chi connectivity index (χ1v) is 5.26. The maximum absolute atomic E-state index is 10.9. The average molecular weight is 183 g/mol. The molecule has 0 aromatic heterocycles. The van der Waals surface area contributed by atoms with Gasteiger partial charge in [-0.1, -0.05) is 12.8 Å². The van der Waals surface area contributed by atoms with Gasteiger partial charge in [0.15, 0.2) is 0 Å². The number of rotatable bonds is 3. The Morgan fingerprint density at radius 3 is 2.46 bits per heavy atom. The van der Waals surface area contributed by atoms with E-state index >= 15 is 0 Å². The summed E-state index contributed by atoms with van der Waals surface area (Å²) >= 11 is 0. The van der Waals surface area contributed by atoms with E-state index in [1.165, 1.54) is 19.3 Å². The summed E-state index contributed by atoms with van der Waals surface area (Å²) in [5.74, 6) is -0.743. The van der Waals surface area contributed by atoms with E-state index in [0.717, 1.165) is 19.3 Å². The molecule has 2 aliphatic carbocycles. The van der Waals surface area contributed by atoms with Crippen molar-refractivity contribution in [2.45, 2.75) is 50.6 Å². The molecule has 3 heteroatoms. The SMILES string of the molecule is O=C(O)[C@@H]1CCCC[C@H]1NC1CC1. The van der Waals surface area contributed by atoms with Crippen LogP contribution in [0.25, 0.3) is 0 Å². The van der Waals surface area contributed by atoms with Crippen LogP contribution in [0.4, 0.5) is 0 Å². The third kappa shape index (κ3) is 2.21. The number of nitrogens with one attached hydrogen (secondary N) is 1. The van der Waals surface area contributed by atoms with Crippen molar-refractivity contribution in [3.05, 3.63) is 0 Å². The highest BCUT2D eigenvalue weighted by Gasteiger charge is 2.34. The van der Waals surface area contributed by atoms with Gasteiger partial charge < -0.3 is 10.4 Å². The lowest BCUT2D eigenvalue weighted by molar-refractivity contribution is -0.143. The minimum Gasteiger partial charge on any atom is -0.481 e. The molecular formula is C10H17NO2. The van der Waals surface area contributed by atoms with E-state index in [2.05, 4.69) is 5.32 Å². The minimum atomic E-state index is -0.613. The van der Waals surface area contributed by atoms with E-state index in [1.807, 2.05) is 0 Å². The lowest BCUT2D eigenvalue weighted by atomic mass is 9.84. The summed E-state index contributed by atoms with van der Waals surface area (Å²) in [6.45, 7) is 0. The van der Waals surface area contributed by atoms with Crippen LogP contribution in [0.2, 0.25) is 0 Å². The monoisotopic (exact) mass is 183 g/mol. The van der Waals surface area contributed by atoms with E-state index in [0.29, 0.717) is 6.04 Å². The van der Waals surface area contributed by atoms with Crippen LogP contribution in [0.15, 0.2) is 0 Å². The molecule has 0 unspecified atom stereocenters. The van der Waals surface area contributed by atoms with Crippen molar-refractivity contribution in [1.82, 2.24) is 5.32 Å². The van der Waals surface area contributed by atoms with Crippen molar-refractivity contribution in [3.8, 4) is 0 Å². The summed E-state index contributed by atoms with van der Waals surface area (Å²) in [4.78, 5) is 10.9. The molecule has 2 saturated carbocycles. The van der Waals surface area contributed by atoms with Gasteiger partial charge in [-0.15, -0.1) is 0 Å². The van der Waals surface area contributed by atoms with Crippen LogP contribution >= 0.6 is 0 Å². The number of carboxylic acids is 1. The van der Waals surface area contributed by atoms with Gasteiger partial charge in [-0.25, -0.2) is 0 Å². The zero-order valence-corrected chi connectivity index (χ0v) is 7.83. The highest BCUT2D eigenvalue weighted by molar-refractivity contribution is 5.71. The summed E-state index contributed by atoms with van der Waals surface area (Å²) in [7, 11) is 0. The molecule has 0 saturated heterocycles. The fraction of sp³-hybridized carbons (Fsp3) is 0.900. The molecule has 3 nitrogen and oxygen atoms in total. The lowest BCUT2D eigenvalue weighted by Gasteiger charge is -2.29. The maximum Gasteiger partial charge on any atom is 0.308 e. The average Bonchev–Trinajstić information content (AvgIpc) is 2.89. The molecule has 0 spiro atoms. The van der Waals surface area contributed by atoms with Crippen molar-refractivity contribution in [3.63, 3.8) is 0 Å². The number of hydrogen-bond acceptors (Lipinski definition) is 2. The van der Waals surface area contributed by atoms with Crippen LogP contribution in [0.3, 0.4) is 0 Å². The normalized spacial score (nSPS) is 34.5. The molecule has 0 amide bonds. The second-order valence-corrected chi connectivity index (χ2v) is 4.28. The molecule has 0 aromatic rings. The summed E-state index contributed by atoms with van der Waals surface area (Å²) in [5, 5.41) is 12.4. The second kappa shape index (κ2) is 3.66. The topological polar surface area (TPSA) is 49.3 Å². The zero-order chi connectivity index (χ0) is 9.26. The molecule has 0 aromatic carbocycles. The van der Waals surface area contributed by atoms with Crippen LogP contribution in [0.5, 0.6) is 0 Å². The molecule has 2 aliphatic rings. The Kier molecular flexibility index (Phi) is 2.54. The molecule has 2 fully saturated rings. The van der Waals surface area contributed by atoms with Crippen molar-refractivity contribution < 1.29 is 9.90 Å². The Balaban J connectivity index is 1.90. The lowest BCUT2D eigenvalue weighted by Crippen LogP contribution is -2.43. The van der Waals surface area contributed by atoms with Crippen molar-refractivity contribution in [1.29, 1.82) is 0 Å². The van der Waals surface area contributed by atoms with Gasteiger partial charge in [0, 0.05) is 12.1 Å². The Morgan fingerprint density at radius 2 is 1.85 bits per heavy atom. The summed E-state index contributed by atoms with van der Waals surface area (Å²) < 4.78 is 0. The maximum atomic E-state index is 10.9. The smallest absolute Gasteiger partial charge is 0.308 e. The highest BCUT2D eigenvalue weighted by Crippen LogP contribution is 2.28. The quantitative estimate of drug-likeness (QED) is 0.695. The van der Waals surface area contributed by atoms with Crippen LogP contribution in [0, 0.1) is 5.92 Å². The predicted octanol–water partition coefficient (Wildman–Crippen LogP) is 1.38. The van der Waals surface area contributed by atoms with Gasteiger partial charge in [0.1, 0.15) is 0 Å². The van der Waals surface area contributed by atoms with Crippen LogP contribution in [-0.2, 0) is 4.79 Å². The molecule has 2 rings (SSSR count). The van der Waals surface area contributed by atoms with Crippen molar-refractivity contribution in [2.75, 3.05) is 0 Å². The molecule has 13 heavy (non-hydrogen) atoms. The standard InChI is InChI=1S/C10H17NO2/c12-10(13)8-3-1-2-4-9(8)11-7-5-6-7/h7-9,11H,1-6H2,(H,12,13)/t8-,9-/m1/s1. The largest absolute Gasteiger partial charge is 0.481 e. The Morgan fingerprint density at radius 1 is 1.15 bits per heavy atom. The zero-order valence-electron chi connectivity index (χ0n) is 7.83. The van der Waals surface area contributed by atoms with Crippen LogP contribution < -0.4 is 5.32 Å². The molecule has 2 N–H and O–H groups in total. The number of aliphatic carboxylic acids is 1. The molecule has 0 radical (unpaired) electrons. The van der Waals surface area contributed by atoms with Gasteiger partial charge in [-0.05, 0) is 25.7 Å². The van der Waals surface area contributed by atoms with E-state index in [-0.39, 0.29) is 12.0 Å². The van der Waals surface area contributed by atoms with Crippen LogP contribution in [0.1, 0.15) is 38.5 Å². The Hall–Kier alpha value is -0.570. The predicted molar refractivity (Wildman–Crippen MR) is 49.5 cm³/mol. The van der Waals surface area contributed by atoms with E-state index < -0.39 is 5.97 Å². The second-order valence-electron chi connectivity index (χ2n) is 4.28. The molecule has 0 bridgehead atoms. The van der Waals surface area contributed by atoms with E-state index in [1.54, 1.807) is 0 Å².